The molecule has 3 rings (SSSR count). The quantitative estimate of drug-likeness (QED) is 0.715. The highest BCUT2D eigenvalue weighted by molar-refractivity contribution is 7.18. The number of furan rings is 1. The maximum absolute atomic E-state index is 12.7. The van der Waals surface area contributed by atoms with Crippen molar-refractivity contribution in [3.05, 3.63) is 51.3 Å². The molecule has 1 amide bonds. The molecule has 0 unspecified atom stereocenters. The first-order chi connectivity index (χ1) is 12.4. The van der Waals surface area contributed by atoms with Crippen molar-refractivity contribution < 1.29 is 9.21 Å². The molecule has 8 heteroatoms. The Morgan fingerprint density at radius 1 is 1.42 bits per heavy atom. The van der Waals surface area contributed by atoms with E-state index in [9.17, 15) is 9.59 Å². The monoisotopic (exact) mass is 374 g/mol. The van der Waals surface area contributed by atoms with Crippen molar-refractivity contribution in [1.82, 2.24) is 19.8 Å². The Hall–Kier alpha value is -2.45. The van der Waals surface area contributed by atoms with Crippen molar-refractivity contribution >= 4 is 27.5 Å². The number of aromatic nitrogens is 2. The molecule has 0 saturated heterocycles. The number of rotatable bonds is 6. The highest BCUT2D eigenvalue weighted by Gasteiger charge is 2.18. The highest BCUT2D eigenvalue weighted by Crippen LogP contribution is 2.25. The first kappa shape index (κ1) is 18.3. The fourth-order valence-electron chi connectivity index (χ4n) is 2.82. The van der Waals surface area contributed by atoms with E-state index in [1.165, 1.54) is 22.2 Å². The fourth-order valence-corrected chi connectivity index (χ4v) is 3.81. The minimum atomic E-state index is -0.240. The summed E-state index contributed by atoms with van der Waals surface area (Å²) in [5.41, 5.74) is 0.755. The lowest BCUT2D eigenvalue weighted by atomic mass is 10.2. The Kier molecular flexibility index (Phi) is 5.24. The number of hydrogen-bond acceptors (Lipinski definition) is 6. The minimum Gasteiger partial charge on any atom is -0.468 e. The largest absolute Gasteiger partial charge is 0.468 e. The Bertz CT molecular complexity index is 972. The van der Waals surface area contributed by atoms with Crippen LogP contribution in [-0.2, 0) is 11.3 Å². The van der Waals surface area contributed by atoms with Crippen LogP contribution in [-0.4, -0.2) is 41.0 Å². The van der Waals surface area contributed by atoms with Crippen molar-refractivity contribution in [2.75, 3.05) is 20.6 Å². The summed E-state index contributed by atoms with van der Waals surface area (Å²) in [7, 11) is 3.84. The Morgan fingerprint density at radius 3 is 2.85 bits per heavy atom. The predicted octanol–water partition coefficient (Wildman–Crippen LogP) is 2.09. The number of aryl methyl sites for hydroxylation is 2. The van der Waals surface area contributed by atoms with Crippen molar-refractivity contribution in [3.63, 3.8) is 0 Å². The summed E-state index contributed by atoms with van der Waals surface area (Å²) in [6, 6.07) is 3.62. The van der Waals surface area contributed by atoms with Gasteiger partial charge < -0.3 is 9.73 Å². The molecule has 0 bridgehead atoms. The van der Waals surface area contributed by atoms with Crippen molar-refractivity contribution in [2.24, 2.45) is 0 Å². The van der Waals surface area contributed by atoms with Gasteiger partial charge in [0.1, 0.15) is 17.1 Å². The smallest absolute Gasteiger partial charge is 0.262 e. The normalized spacial score (nSPS) is 12.7. The number of carbonyl (C=O) groups excluding carboxylic acids is 1. The lowest BCUT2D eigenvalue weighted by Gasteiger charge is -2.22. The molecule has 138 valence electrons. The van der Waals surface area contributed by atoms with Crippen molar-refractivity contribution in [3.8, 4) is 0 Å². The minimum absolute atomic E-state index is 0.0611. The standard InChI is InChI=1S/C18H22N4O3S/c1-11-12(2)26-17-16(11)18(24)22(10-20-17)9-15(23)19-8-13(21(3)4)14-6-5-7-25-14/h5-7,10,13H,8-9H2,1-4H3,(H,19,23)/t13-/m0/s1. The van der Waals surface area contributed by atoms with Gasteiger partial charge in [-0.05, 0) is 45.6 Å². The van der Waals surface area contributed by atoms with Crippen LogP contribution in [0.3, 0.4) is 0 Å². The van der Waals surface area contributed by atoms with Gasteiger partial charge in [0, 0.05) is 11.4 Å². The molecule has 7 nitrogen and oxygen atoms in total. The summed E-state index contributed by atoms with van der Waals surface area (Å²) in [4.78, 5) is 33.1. The first-order valence-corrected chi connectivity index (χ1v) is 9.11. The molecule has 1 atom stereocenters. The van der Waals surface area contributed by atoms with E-state index in [1.807, 2.05) is 45.0 Å². The van der Waals surface area contributed by atoms with E-state index in [0.717, 1.165) is 16.2 Å². The summed E-state index contributed by atoms with van der Waals surface area (Å²) in [6.07, 6.45) is 3.05. The summed E-state index contributed by atoms with van der Waals surface area (Å²) < 4.78 is 6.79. The molecule has 0 fully saturated rings. The second-order valence-electron chi connectivity index (χ2n) is 6.44. The molecule has 0 saturated carbocycles. The molecule has 3 aromatic rings. The van der Waals surface area contributed by atoms with Gasteiger partial charge in [0.05, 0.1) is 24.0 Å². The van der Waals surface area contributed by atoms with Crippen LogP contribution in [0.5, 0.6) is 0 Å². The molecule has 26 heavy (non-hydrogen) atoms. The van der Waals surface area contributed by atoms with Crippen LogP contribution in [0.25, 0.3) is 10.2 Å². The lowest BCUT2D eigenvalue weighted by Crippen LogP contribution is -2.37. The molecule has 0 spiro atoms. The zero-order chi connectivity index (χ0) is 18.8. The summed E-state index contributed by atoms with van der Waals surface area (Å²) in [5.74, 6) is 0.538. The summed E-state index contributed by atoms with van der Waals surface area (Å²) in [6.45, 7) is 4.20. The molecule has 0 aliphatic rings. The van der Waals surface area contributed by atoms with Gasteiger partial charge in [-0.1, -0.05) is 0 Å². The number of nitrogens with zero attached hydrogens (tertiary/aromatic N) is 3. The summed E-state index contributed by atoms with van der Waals surface area (Å²) >= 11 is 1.50. The van der Waals surface area contributed by atoms with Gasteiger partial charge in [-0.2, -0.15) is 0 Å². The van der Waals surface area contributed by atoms with Crippen LogP contribution in [0, 0.1) is 13.8 Å². The molecule has 3 aromatic heterocycles. The number of thiophene rings is 1. The van der Waals surface area contributed by atoms with Gasteiger partial charge in [-0.3, -0.25) is 19.1 Å². The number of likely N-dealkylation sites (N-methyl/N-ethyl adjacent to an activating group) is 1. The van der Waals surface area contributed by atoms with E-state index in [4.69, 9.17) is 4.42 Å². The average molecular weight is 374 g/mol. The predicted molar refractivity (Wildman–Crippen MR) is 101 cm³/mol. The van der Waals surface area contributed by atoms with E-state index in [1.54, 1.807) is 6.26 Å². The second kappa shape index (κ2) is 7.43. The third-order valence-corrected chi connectivity index (χ3v) is 5.57. The maximum atomic E-state index is 12.7. The molecule has 3 heterocycles. The Morgan fingerprint density at radius 2 is 2.19 bits per heavy atom. The molecular weight excluding hydrogens is 352 g/mol. The number of fused-ring (bicyclic) bond motifs is 1. The van der Waals surface area contributed by atoms with Crippen LogP contribution in [0.2, 0.25) is 0 Å². The fraction of sp³-hybridized carbons (Fsp3) is 0.389. The van der Waals surface area contributed by atoms with Gasteiger partial charge in [-0.15, -0.1) is 11.3 Å². The van der Waals surface area contributed by atoms with E-state index < -0.39 is 0 Å². The Balaban J connectivity index is 1.72. The number of nitrogens with one attached hydrogen (secondary N) is 1. The van der Waals surface area contributed by atoms with Gasteiger partial charge in [0.2, 0.25) is 5.91 Å². The van der Waals surface area contributed by atoms with E-state index in [0.29, 0.717) is 16.8 Å². The number of carbonyl (C=O) groups is 1. The number of amides is 1. The van der Waals surface area contributed by atoms with Crippen LogP contribution >= 0.6 is 11.3 Å². The molecule has 0 aromatic carbocycles. The topological polar surface area (TPSA) is 80.4 Å². The third kappa shape index (κ3) is 3.56. The van der Waals surface area contributed by atoms with Gasteiger partial charge >= 0.3 is 0 Å². The highest BCUT2D eigenvalue weighted by atomic mass is 32.1. The summed E-state index contributed by atoms with van der Waals surface area (Å²) in [5, 5.41) is 3.47. The van der Waals surface area contributed by atoms with Gasteiger partial charge in [0.15, 0.2) is 0 Å². The second-order valence-corrected chi connectivity index (χ2v) is 7.64. The SMILES string of the molecule is Cc1sc2ncn(CC(=O)NC[C@@H](c3ccco3)N(C)C)c(=O)c2c1C. The first-order valence-electron chi connectivity index (χ1n) is 8.30. The van der Waals surface area contributed by atoms with Gasteiger partial charge in [0.25, 0.3) is 5.56 Å². The molecule has 0 aliphatic heterocycles. The zero-order valence-corrected chi connectivity index (χ0v) is 16.1. The van der Waals surface area contributed by atoms with Crippen molar-refractivity contribution in [2.45, 2.75) is 26.4 Å². The van der Waals surface area contributed by atoms with Crippen LogP contribution in [0.15, 0.2) is 33.9 Å². The maximum Gasteiger partial charge on any atom is 0.262 e. The zero-order valence-electron chi connectivity index (χ0n) is 15.3. The van der Waals surface area contributed by atoms with E-state index >= 15 is 0 Å². The van der Waals surface area contributed by atoms with Crippen LogP contribution < -0.4 is 10.9 Å². The number of hydrogen-bond donors (Lipinski definition) is 1. The van der Waals surface area contributed by atoms with Crippen LogP contribution in [0.4, 0.5) is 0 Å². The van der Waals surface area contributed by atoms with Gasteiger partial charge in [-0.25, -0.2) is 4.98 Å². The average Bonchev–Trinajstić information content (AvgIpc) is 3.20. The van der Waals surface area contributed by atoms with E-state index in [2.05, 4.69) is 10.3 Å². The van der Waals surface area contributed by atoms with Crippen LogP contribution in [0.1, 0.15) is 22.2 Å². The Labute approximate surface area is 155 Å². The molecule has 0 aliphatic carbocycles. The van der Waals surface area contributed by atoms with E-state index in [-0.39, 0.29) is 24.1 Å². The third-order valence-electron chi connectivity index (χ3n) is 4.46. The van der Waals surface area contributed by atoms with Crippen molar-refractivity contribution in [1.29, 1.82) is 0 Å². The molecular formula is C18H22N4O3S. The molecule has 1 N–H and O–H groups in total. The molecule has 0 radical (unpaired) electrons. The lowest BCUT2D eigenvalue weighted by molar-refractivity contribution is -0.122.